The lowest BCUT2D eigenvalue weighted by molar-refractivity contribution is -0.143. The molecule has 0 radical (unpaired) electrons. The summed E-state index contributed by atoms with van der Waals surface area (Å²) in [6.45, 7) is 6.33. The topological polar surface area (TPSA) is 202 Å². The van der Waals surface area contributed by atoms with Crippen LogP contribution in [-0.4, -0.2) is 152 Å². The van der Waals surface area contributed by atoms with E-state index >= 15 is 0 Å². The van der Waals surface area contributed by atoms with Gasteiger partial charge in [-0.05, 0) is 134 Å². The first-order valence-electron chi connectivity index (χ1n) is 31.9. The number of imidazole rings is 2. The van der Waals surface area contributed by atoms with Crippen molar-refractivity contribution in [3.63, 3.8) is 0 Å². The minimum absolute atomic E-state index is 0.0204. The first-order valence-corrected chi connectivity index (χ1v) is 32.7. The summed E-state index contributed by atoms with van der Waals surface area (Å²) in [7, 11) is 3.10. The maximum absolute atomic E-state index is 14.1. The number of rotatable bonds is 14. The zero-order valence-electron chi connectivity index (χ0n) is 54.3. The Morgan fingerprint density at radius 3 is 1.41 bits per heavy atom. The highest BCUT2D eigenvalue weighted by molar-refractivity contribution is 6.31. The molecule has 10 heterocycles. The fourth-order valence-corrected chi connectivity index (χ4v) is 14.5. The van der Waals surface area contributed by atoms with E-state index in [2.05, 4.69) is 19.9 Å². The van der Waals surface area contributed by atoms with E-state index in [0.717, 1.165) is 17.8 Å². The summed E-state index contributed by atoms with van der Waals surface area (Å²) in [5.41, 5.74) is 9.38. The van der Waals surface area contributed by atoms with E-state index in [1.165, 1.54) is 18.9 Å². The molecule has 0 aliphatic carbocycles. The number of ether oxygens (including phenoxy) is 2. The van der Waals surface area contributed by atoms with Crippen LogP contribution >= 0.6 is 23.2 Å². The van der Waals surface area contributed by atoms with Gasteiger partial charge in [0.15, 0.2) is 22.6 Å². The summed E-state index contributed by atoms with van der Waals surface area (Å²) < 4.78 is 99.0. The minimum atomic E-state index is -4.51. The van der Waals surface area contributed by atoms with Crippen LogP contribution in [0.4, 0.5) is 31.1 Å². The zero-order chi connectivity index (χ0) is 70.1. The Morgan fingerprint density at radius 1 is 0.545 bits per heavy atom. The number of benzene rings is 4. The lowest BCUT2D eigenvalue weighted by Crippen LogP contribution is -2.42. The van der Waals surface area contributed by atoms with Crippen molar-refractivity contribution >= 4 is 108 Å². The number of carbonyl (C=O) groups is 5. The molecule has 0 spiro atoms. The Morgan fingerprint density at radius 2 is 0.990 bits per heavy atom. The van der Waals surface area contributed by atoms with Gasteiger partial charge >= 0.3 is 18.4 Å². The lowest BCUT2D eigenvalue weighted by atomic mass is 9.91. The molecule has 4 atom stereocenters. The van der Waals surface area contributed by atoms with Crippen LogP contribution < -0.4 is 14.8 Å². The maximum Gasteiger partial charge on any atom is 0.405 e. The number of hydrogen-bond donors (Lipinski definition) is 1. The van der Waals surface area contributed by atoms with Crippen molar-refractivity contribution in [1.29, 1.82) is 0 Å². The summed E-state index contributed by atoms with van der Waals surface area (Å²) in [6, 6.07) is 26.8. The predicted octanol–water partition coefficient (Wildman–Crippen LogP) is 14.0. The number of halogens is 8. The molecule has 12 aromatic rings. The molecule has 2 aliphatic heterocycles. The second-order valence-corrected chi connectivity index (χ2v) is 25.8. The number of hydrogen-bond acceptors (Lipinski definition) is 12. The largest absolute Gasteiger partial charge is 0.497 e. The number of aromatic nitrogens is 10. The first-order chi connectivity index (χ1) is 47.3. The molecule has 8 aromatic heterocycles. The molecular formula is C71H65Cl2F6N13O7. The molecule has 20 nitrogen and oxygen atoms in total. The molecular weight excluding hydrogens is 1330 g/mol. The second-order valence-electron chi connectivity index (χ2n) is 24.9. The smallest absolute Gasteiger partial charge is 0.405 e. The minimum Gasteiger partial charge on any atom is -0.497 e. The van der Waals surface area contributed by atoms with E-state index in [4.69, 9.17) is 32.7 Å². The highest BCUT2D eigenvalue weighted by Gasteiger charge is 2.42. The standard InChI is InChI=1S/C36H33ClF3N7O4.C35H32ClF3N6O3/c1-4-21-17-44(35(50)43-19-36(38,39)40)18-27(21)30-15-41-31-16-42-33-29(47(30)31)11-12-45(33)32(48)14-25-20(2)46(28-10-9-24(51-3)13-26(25)28)34(49)22-5-7-23(37)8-6-22;1-4-21-17-42(19-35(37,38)39)18-27(21)30-15-40-31-16-41-33-29(45(30)31)11-12-43(33)32(46)14-25-20(2)44(28-10-9-24(48-3)13-26(25)28)34(47)22-5-7-23(36)8-6-22/h5-13,15-16,21,27H,4,14,17-19H2,1-3H3,(H,43,50);5-13,15-16,21,27H,4,14,17-19H2,1-3H3/t2*21-,27+/m11/s1. The number of carbonyl (C=O) groups excluding carboxylic acids is 5. The molecule has 2 aliphatic rings. The van der Waals surface area contributed by atoms with Crippen molar-refractivity contribution in [2.75, 3.05) is 53.5 Å². The monoisotopic (exact) mass is 1400 g/mol. The molecule has 2 fully saturated rings. The number of fused-ring (bicyclic) bond motifs is 8. The molecule has 2 amide bonds. The van der Waals surface area contributed by atoms with Gasteiger partial charge in [0.2, 0.25) is 11.8 Å². The van der Waals surface area contributed by atoms with E-state index in [1.807, 2.05) is 47.0 Å². The third-order valence-electron chi connectivity index (χ3n) is 19.2. The summed E-state index contributed by atoms with van der Waals surface area (Å²) in [5, 5.41) is 4.40. The van der Waals surface area contributed by atoms with Crippen molar-refractivity contribution in [2.45, 2.75) is 77.6 Å². The third kappa shape index (κ3) is 12.8. The zero-order valence-corrected chi connectivity index (χ0v) is 55.8. The molecule has 4 aromatic carbocycles. The Labute approximate surface area is 571 Å². The number of nitrogens with zero attached hydrogens (tertiary/aromatic N) is 12. The van der Waals surface area contributed by atoms with Crippen LogP contribution in [0.5, 0.6) is 11.5 Å². The molecule has 28 heteroatoms. The van der Waals surface area contributed by atoms with Gasteiger partial charge in [-0.15, -0.1) is 0 Å². The highest BCUT2D eigenvalue weighted by Crippen LogP contribution is 2.40. The summed E-state index contributed by atoms with van der Waals surface area (Å²) in [5.74, 6) is -0.318. The van der Waals surface area contributed by atoms with E-state index in [-0.39, 0.29) is 73.2 Å². The first kappa shape index (κ1) is 67.5. The normalized spacial score (nSPS) is 16.8. The van der Waals surface area contributed by atoms with Gasteiger partial charge in [-0.3, -0.25) is 51.1 Å². The molecule has 0 saturated carbocycles. The number of alkyl halides is 6. The Kier molecular flexibility index (Phi) is 18.2. The molecule has 512 valence electrons. The van der Waals surface area contributed by atoms with E-state index in [0.29, 0.717) is 130 Å². The van der Waals surface area contributed by atoms with Gasteiger partial charge in [-0.25, -0.2) is 24.7 Å². The van der Waals surface area contributed by atoms with Crippen molar-refractivity contribution in [3.8, 4) is 11.5 Å². The molecule has 2 saturated heterocycles. The van der Waals surface area contributed by atoms with Gasteiger partial charge in [-0.1, -0.05) is 49.9 Å². The van der Waals surface area contributed by atoms with Gasteiger partial charge in [0.25, 0.3) is 11.8 Å². The highest BCUT2D eigenvalue weighted by atomic mass is 35.5. The number of nitrogens with one attached hydrogen (secondary N) is 1. The van der Waals surface area contributed by atoms with Crippen molar-refractivity contribution < 1.29 is 59.8 Å². The van der Waals surface area contributed by atoms with Crippen LogP contribution in [0.2, 0.25) is 10.0 Å². The fraction of sp³-hybridized carbons (Fsp3) is 0.310. The van der Waals surface area contributed by atoms with Crippen LogP contribution in [0.25, 0.3) is 55.4 Å². The van der Waals surface area contributed by atoms with Gasteiger partial charge in [0.05, 0.1) is 68.1 Å². The number of likely N-dealkylation sites (tertiary alicyclic amines) is 2. The molecule has 0 bridgehead atoms. The molecule has 1 N–H and O–H groups in total. The summed E-state index contributed by atoms with van der Waals surface area (Å²) in [4.78, 5) is 89.4. The average molecular weight is 1400 g/mol. The maximum atomic E-state index is 14.1. The van der Waals surface area contributed by atoms with Crippen molar-refractivity contribution in [1.82, 2.24) is 62.1 Å². The van der Waals surface area contributed by atoms with Gasteiger partial charge in [0.1, 0.15) is 18.0 Å². The van der Waals surface area contributed by atoms with Crippen LogP contribution in [-0.2, 0) is 12.8 Å². The van der Waals surface area contributed by atoms with Crippen LogP contribution in [0, 0.1) is 25.7 Å². The molecule has 14 rings (SSSR count). The fourth-order valence-electron chi connectivity index (χ4n) is 14.3. The quantitative estimate of drug-likeness (QED) is 0.101. The predicted molar refractivity (Wildman–Crippen MR) is 361 cm³/mol. The molecule has 99 heavy (non-hydrogen) atoms. The number of methoxy groups -OCH3 is 2. The Balaban J connectivity index is 0.000000178. The van der Waals surface area contributed by atoms with E-state index in [9.17, 15) is 50.3 Å². The number of urea groups is 1. The lowest BCUT2D eigenvalue weighted by Gasteiger charge is -2.18. The second kappa shape index (κ2) is 26.7. The summed E-state index contributed by atoms with van der Waals surface area (Å²) in [6.07, 6.45) is 2.36. The van der Waals surface area contributed by atoms with E-state index in [1.54, 1.807) is 152 Å². The van der Waals surface area contributed by atoms with Gasteiger partial charge in [-0.2, -0.15) is 26.3 Å². The Hall–Kier alpha value is -10.1. The van der Waals surface area contributed by atoms with Gasteiger partial charge < -0.3 is 19.7 Å². The SMILES string of the molecule is CC[C@@H]1CN(C(=O)NCC(F)(F)F)C[C@@H]1c1cnc2cnc3c(ccn3C(=O)Cc3c(C)n(C(=O)c4ccc(Cl)cc4)c4ccc(OC)cc34)n12.CC[C@@H]1CN(CC(F)(F)F)C[C@@H]1c1cnc2cnc3c(ccn3C(=O)Cc3c(C)n(C(=O)c4ccc(Cl)cc4)c4ccc(OC)cc34)n12. The summed E-state index contributed by atoms with van der Waals surface area (Å²) >= 11 is 12.1. The number of amides is 2. The van der Waals surface area contributed by atoms with Crippen molar-refractivity contribution in [2.24, 2.45) is 11.8 Å². The Bertz CT molecular complexity index is 5170. The van der Waals surface area contributed by atoms with Crippen LogP contribution in [0.1, 0.15) is 103 Å². The van der Waals surface area contributed by atoms with Crippen LogP contribution in [0.3, 0.4) is 0 Å². The van der Waals surface area contributed by atoms with Crippen LogP contribution in [0.15, 0.2) is 134 Å². The molecule has 0 unspecified atom stereocenters. The average Bonchev–Trinajstić information content (AvgIpc) is 1.61. The van der Waals surface area contributed by atoms with Gasteiger partial charge in [0, 0.05) is 118 Å². The van der Waals surface area contributed by atoms with E-state index < -0.39 is 31.5 Å². The van der Waals surface area contributed by atoms with Crippen molar-refractivity contribution in [3.05, 3.63) is 189 Å². The third-order valence-corrected chi connectivity index (χ3v) is 19.7.